The Labute approximate surface area is 119 Å². The van der Waals surface area contributed by atoms with Crippen LogP contribution in [0.15, 0.2) is 30.5 Å². The highest BCUT2D eigenvalue weighted by molar-refractivity contribution is 5.36. The van der Waals surface area contributed by atoms with E-state index in [2.05, 4.69) is 29.4 Å². The van der Waals surface area contributed by atoms with Crippen molar-refractivity contribution in [2.24, 2.45) is 0 Å². The van der Waals surface area contributed by atoms with Crippen LogP contribution < -0.4 is 0 Å². The predicted molar refractivity (Wildman–Crippen MR) is 77.5 cm³/mol. The summed E-state index contributed by atoms with van der Waals surface area (Å²) in [5.74, 6) is 0. The van der Waals surface area contributed by atoms with Crippen LogP contribution in [0, 0.1) is 0 Å². The van der Waals surface area contributed by atoms with E-state index in [-0.39, 0.29) is 6.04 Å². The third-order valence-electron chi connectivity index (χ3n) is 4.05. The lowest BCUT2D eigenvalue weighted by Crippen LogP contribution is -2.21. The molecule has 1 heterocycles. The molecule has 1 aliphatic rings. The summed E-state index contributed by atoms with van der Waals surface area (Å²) in [5.41, 5.74) is 3.41. The Morgan fingerprint density at radius 2 is 2.15 bits per heavy atom. The molecule has 0 fully saturated rings. The molecule has 2 atom stereocenters. The maximum atomic E-state index is 10.3. The van der Waals surface area contributed by atoms with Crippen molar-refractivity contribution in [3.05, 3.63) is 47.3 Å². The first kappa shape index (κ1) is 13.3. The van der Waals surface area contributed by atoms with Gasteiger partial charge in [0.2, 0.25) is 0 Å². The lowest BCUT2D eigenvalue weighted by atomic mass is 10.1. The predicted octanol–water partition coefficient (Wildman–Crippen LogP) is 2.52. The number of benzene rings is 1. The molecular formula is C16H21N3O. The Hall–Kier alpha value is -1.68. The van der Waals surface area contributed by atoms with E-state index in [1.807, 2.05) is 23.0 Å². The molecule has 4 heteroatoms. The monoisotopic (exact) mass is 271 g/mol. The Balaban J connectivity index is 1.79. The van der Waals surface area contributed by atoms with E-state index in [1.54, 1.807) is 0 Å². The second kappa shape index (κ2) is 5.75. The van der Waals surface area contributed by atoms with Gasteiger partial charge in [0, 0.05) is 12.6 Å². The summed E-state index contributed by atoms with van der Waals surface area (Å²) in [6.07, 6.45) is 6.84. The van der Waals surface area contributed by atoms with Crippen LogP contribution in [-0.4, -0.2) is 26.2 Å². The molecule has 0 saturated heterocycles. The topological polar surface area (TPSA) is 50.9 Å². The van der Waals surface area contributed by atoms with Crippen molar-refractivity contribution in [3.63, 3.8) is 0 Å². The quantitative estimate of drug-likeness (QED) is 0.850. The number of hydrogen-bond donors (Lipinski definition) is 1. The molecule has 3 rings (SSSR count). The molecular weight excluding hydrogens is 250 g/mol. The van der Waals surface area contributed by atoms with Crippen molar-refractivity contribution < 1.29 is 5.11 Å². The molecule has 0 saturated carbocycles. The van der Waals surface area contributed by atoms with E-state index in [4.69, 9.17) is 0 Å². The summed E-state index contributed by atoms with van der Waals surface area (Å²) in [6.45, 7) is 2.20. The highest BCUT2D eigenvalue weighted by atomic mass is 16.3. The van der Waals surface area contributed by atoms with Gasteiger partial charge < -0.3 is 5.11 Å². The van der Waals surface area contributed by atoms with E-state index in [9.17, 15) is 5.11 Å². The van der Waals surface area contributed by atoms with Gasteiger partial charge in [-0.1, -0.05) is 49.2 Å². The number of rotatable bonds is 5. The molecule has 4 nitrogen and oxygen atoms in total. The van der Waals surface area contributed by atoms with Gasteiger partial charge in [-0.2, -0.15) is 0 Å². The molecule has 0 amide bonds. The van der Waals surface area contributed by atoms with Crippen LogP contribution in [-0.2, 0) is 12.8 Å². The molecule has 1 aliphatic carbocycles. The van der Waals surface area contributed by atoms with Crippen molar-refractivity contribution >= 4 is 0 Å². The molecule has 0 aliphatic heterocycles. The van der Waals surface area contributed by atoms with Gasteiger partial charge in [-0.15, -0.1) is 5.10 Å². The lowest BCUT2D eigenvalue weighted by molar-refractivity contribution is 0.137. The van der Waals surface area contributed by atoms with Crippen LogP contribution in [0.2, 0.25) is 0 Å². The summed E-state index contributed by atoms with van der Waals surface area (Å²) < 4.78 is 1.83. The fourth-order valence-electron chi connectivity index (χ4n) is 2.99. The van der Waals surface area contributed by atoms with Gasteiger partial charge in [-0.25, -0.2) is 4.68 Å². The normalized spacial score (nSPS) is 21.1. The summed E-state index contributed by atoms with van der Waals surface area (Å²) in [7, 11) is 0. The van der Waals surface area contributed by atoms with Crippen molar-refractivity contribution in [2.45, 2.75) is 51.2 Å². The van der Waals surface area contributed by atoms with Gasteiger partial charge in [0.15, 0.2) is 0 Å². The number of aliphatic hydroxyl groups is 1. The summed E-state index contributed by atoms with van der Waals surface area (Å²) in [4.78, 5) is 0. The first-order valence-electron chi connectivity index (χ1n) is 7.46. The molecule has 0 unspecified atom stereocenters. The zero-order valence-corrected chi connectivity index (χ0v) is 11.9. The minimum atomic E-state index is -0.405. The van der Waals surface area contributed by atoms with Crippen LogP contribution in [0.1, 0.15) is 49.0 Å². The molecule has 1 aromatic heterocycles. The van der Waals surface area contributed by atoms with Gasteiger partial charge in [0.05, 0.1) is 11.8 Å². The molecule has 106 valence electrons. The number of nitrogens with zero attached hydrogens (tertiary/aromatic N) is 3. The number of fused-ring (bicyclic) bond motifs is 1. The standard InChI is InChI=1S/C16H21N3O/c1-2-3-4-8-13-11-19(18-17-13)16-14-9-6-5-7-12(14)10-15(16)20/h5-7,9,11,15-16,20H,2-4,8,10H2,1H3/t15-,16+/m0/s1. The van der Waals surface area contributed by atoms with Crippen LogP contribution in [0.3, 0.4) is 0 Å². The van der Waals surface area contributed by atoms with E-state index >= 15 is 0 Å². The highest BCUT2D eigenvalue weighted by Gasteiger charge is 2.32. The number of hydrogen-bond acceptors (Lipinski definition) is 3. The minimum Gasteiger partial charge on any atom is -0.390 e. The van der Waals surface area contributed by atoms with Gasteiger partial charge >= 0.3 is 0 Å². The van der Waals surface area contributed by atoms with Crippen molar-refractivity contribution in [3.8, 4) is 0 Å². The molecule has 0 radical (unpaired) electrons. The first-order chi connectivity index (χ1) is 9.79. The fourth-order valence-corrected chi connectivity index (χ4v) is 2.99. The Morgan fingerprint density at radius 1 is 1.30 bits per heavy atom. The number of aryl methyl sites for hydroxylation is 1. The Kier molecular flexibility index (Phi) is 3.83. The molecule has 2 aromatic rings. The van der Waals surface area contributed by atoms with Crippen molar-refractivity contribution in [2.75, 3.05) is 0 Å². The van der Waals surface area contributed by atoms with Crippen LogP contribution in [0.4, 0.5) is 0 Å². The second-order valence-corrected chi connectivity index (χ2v) is 5.56. The zero-order valence-electron chi connectivity index (χ0n) is 11.9. The van der Waals surface area contributed by atoms with Gasteiger partial charge in [-0.05, 0) is 24.0 Å². The third kappa shape index (κ3) is 2.48. The average Bonchev–Trinajstić information content (AvgIpc) is 3.02. The molecule has 1 N–H and O–H groups in total. The molecule has 0 bridgehead atoms. The number of aliphatic hydroxyl groups excluding tert-OH is 1. The lowest BCUT2D eigenvalue weighted by Gasteiger charge is -2.15. The van der Waals surface area contributed by atoms with Crippen LogP contribution >= 0.6 is 0 Å². The summed E-state index contributed by atoms with van der Waals surface area (Å²) in [5, 5.41) is 18.8. The second-order valence-electron chi connectivity index (χ2n) is 5.56. The SMILES string of the molecule is CCCCCc1cn([C@@H]2c3ccccc3C[C@@H]2O)nn1. The first-order valence-corrected chi connectivity index (χ1v) is 7.46. The average molecular weight is 271 g/mol. The Morgan fingerprint density at radius 3 is 3.00 bits per heavy atom. The van der Waals surface area contributed by atoms with Crippen molar-refractivity contribution in [1.29, 1.82) is 0 Å². The fraction of sp³-hybridized carbons (Fsp3) is 0.500. The number of aromatic nitrogens is 3. The van der Waals surface area contributed by atoms with Gasteiger partial charge in [0.1, 0.15) is 6.04 Å². The van der Waals surface area contributed by atoms with Gasteiger partial charge in [0.25, 0.3) is 0 Å². The Bertz CT molecular complexity index is 579. The van der Waals surface area contributed by atoms with Crippen LogP contribution in [0.25, 0.3) is 0 Å². The van der Waals surface area contributed by atoms with Crippen molar-refractivity contribution in [1.82, 2.24) is 15.0 Å². The maximum Gasteiger partial charge on any atom is 0.105 e. The summed E-state index contributed by atoms with van der Waals surface area (Å²) in [6, 6.07) is 8.11. The molecule has 1 aromatic carbocycles. The zero-order chi connectivity index (χ0) is 13.9. The molecule has 20 heavy (non-hydrogen) atoms. The van der Waals surface area contributed by atoms with E-state index in [1.165, 1.54) is 24.0 Å². The minimum absolute atomic E-state index is 0.0846. The largest absolute Gasteiger partial charge is 0.390 e. The molecule has 0 spiro atoms. The highest BCUT2D eigenvalue weighted by Crippen LogP contribution is 2.33. The smallest absolute Gasteiger partial charge is 0.105 e. The van der Waals surface area contributed by atoms with E-state index in [0.717, 1.165) is 18.5 Å². The van der Waals surface area contributed by atoms with Crippen LogP contribution in [0.5, 0.6) is 0 Å². The van der Waals surface area contributed by atoms with Gasteiger partial charge in [-0.3, -0.25) is 0 Å². The maximum absolute atomic E-state index is 10.3. The summed E-state index contributed by atoms with van der Waals surface area (Å²) >= 11 is 0. The third-order valence-corrected chi connectivity index (χ3v) is 4.05. The van der Waals surface area contributed by atoms with E-state index < -0.39 is 6.10 Å². The number of unbranched alkanes of at least 4 members (excludes halogenated alkanes) is 2. The van der Waals surface area contributed by atoms with E-state index in [0.29, 0.717) is 6.42 Å².